The molecule has 0 aliphatic heterocycles. The maximum Gasteiger partial charge on any atom is 0.407 e. The van der Waals surface area contributed by atoms with Crippen molar-refractivity contribution in [3.05, 3.63) is 0 Å². The Morgan fingerprint density at radius 2 is 1.80 bits per heavy atom. The third-order valence-corrected chi connectivity index (χ3v) is 4.11. The zero-order valence-corrected chi connectivity index (χ0v) is 12.3. The Kier molecular flexibility index (Phi) is 3.52. The predicted molar refractivity (Wildman–Crippen MR) is 69.6 cm³/mol. The van der Waals surface area contributed by atoms with Crippen molar-refractivity contribution in [3.63, 3.8) is 0 Å². The van der Waals surface area contributed by atoms with E-state index in [9.17, 15) is 18.7 Å². The van der Waals surface area contributed by atoms with Gasteiger partial charge in [-0.15, -0.1) is 0 Å². The topological polar surface area (TPSA) is 58.6 Å². The van der Waals surface area contributed by atoms with Crippen LogP contribution in [0.2, 0.25) is 0 Å². The van der Waals surface area contributed by atoms with E-state index in [1.54, 1.807) is 20.8 Å². The van der Waals surface area contributed by atoms with Crippen LogP contribution in [-0.4, -0.2) is 35.9 Å². The van der Waals surface area contributed by atoms with Crippen molar-refractivity contribution in [2.75, 3.05) is 13.2 Å². The van der Waals surface area contributed by atoms with Crippen LogP contribution in [0, 0.1) is 10.8 Å². The summed E-state index contributed by atoms with van der Waals surface area (Å²) in [5.41, 5.74) is -1.36. The van der Waals surface area contributed by atoms with Crippen LogP contribution in [0.4, 0.5) is 13.6 Å². The largest absolute Gasteiger partial charge is 0.444 e. The van der Waals surface area contributed by atoms with E-state index in [1.807, 2.05) is 0 Å². The van der Waals surface area contributed by atoms with Gasteiger partial charge in [0.1, 0.15) is 5.60 Å². The number of rotatable bonds is 3. The van der Waals surface area contributed by atoms with E-state index in [0.29, 0.717) is 12.8 Å². The second kappa shape index (κ2) is 4.55. The second-order valence-electron chi connectivity index (χ2n) is 7.58. The molecule has 6 heteroatoms. The minimum atomic E-state index is -2.54. The lowest BCUT2D eigenvalue weighted by Gasteiger charge is -2.62. The molecule has 1 amide bonds. The van der Waals surface area contributed by atoms with Gasteiger partial charge in [-0.25, -0.2) is 13.6 Å². The molecule has 0 radical (unpaired) electrons. The van der Waals surface area contributed by atoms with Crippen LogP contribution in [0.15, 0.2) is 0 Å². The third kappa shape index (κ3) is 3.22. The highest BCUT2D eigenvalue weighted by atomic mass is 19.3. The van der Waals surface area contributed by atoms with Crippen LogP contribution in [0.3, 0.4) is 0 Å². The summed E-state index contributed by atoms with van der Waals surface area (Å²) in [7, 11) is 0. The Morgan fingerprint density at radius 3 is 2.20 bits per heavy atom. The summed E-state index contributed by atoms with van der Waals surface area (Å²) in [5.74, 6) is -2.54. The minimum absolute atomic E-state index is 0.0891. The van der Waals surface area contributed by atoms with E-state index < -0.39 is 23.0 Å². The lowest BCUT2D eigenvalue weighted by molar-refractivity contribution is -0.236. The van der Waals surface area contributed by atoms with Gasteiger partial charge in [0.05, 0.1) is 6.61 Å². The predicted octanol–water partition coefficient (Wildman–Crippen LogP) is 2.70. The molecule has 2 fully saturated rings. The highest BCUT2D eigenvalue weighted by Gasteiger charge is 2.66. The molecule has 0 aromatic rings. The summed E-state index contributed by atoms with van der Waals surface area (Å²) in [4.78, 5) is 11.6. The molecule has 2 aliphatic rings. The molecule has 2 saturated carbocycles. The van der Waals surface area contributed by atoms with Crippen LogP contribution in [0.1, 0.15) is 46.5 Å². The number of hydrogen-bond acceptors (Lipinski definition) is 3. The molecule has 4 nitrogen and oxygen atoms in total. The quantitative estimate of drug-likeness (QED) is 0.840. The molecular formula is C14H23F2NO3. The fourth-order valence-electron chi connectivity index (χ4n) is 3.70. The van der Waals surface area contributed by atoms with E-state index in [2.05, 4.69) is 5.32 Å². The van der Waals surface area contributed by atoms with Gasteiger partial charge in [0.2, 0.25) is 5.92 Å². The van der Waals surface area contributed by atoms with Gasteiger partial charge in [0.15, 0.2) is 0 Å². The minimum Gasteiger partial charge on any atom is -0.444 e. The molecule has 116 valence electrons. The third-order valence-electron chi connectivity index (χ3n) is 4.11. The van der Waals surface area contributed by atoms with Gasteiger partial charge < -0.3 is 15.2 Å². The summed E-state index contributed by atoms with van der Waals surface area (Å²) >= 11 is 0. The Bertz CT molecular complexity index is 388. The number of nitrogens with one attached hydrogen (secondary N) is 1. The maximum absolute atomic E-state index is 13.0. The van der Waals surface area contributed by atoms with Gasteiger partial charge in [-0.3, -0.25) is 0 Å². The summed E-state index contributed by atoms with van der Waals surface area (Å²) in [6.45, 7) is 5.47. The van der Waals surface area contributed by atoms with Crippen molar-refractivity contribution in [1.29, 1.82) is 0 Å². The summed E-state index contributed by atoms with van der Waals surface area (Å²) in [6.07, 6.45) is 0.372. The number of carbonyl (C=O) groups is 1. The first-order chi connectivity index (χ1) is 8.99. The summed E-state index contributed by atoms with van der Waals surface area (Å²) < 4.78 is 31.0. The molecule has 2 N–H and O–H groups in total. The molecule has 0 unspecified atom stereocenters. The van der Waals surface area contributed by atoms with E-state index in [-0.39, 0.29) is 31.4 Å². The zero-order chi connectivity index (χ0) is 15.2. The number of aliphatic hydroxyl groups is 1. The van der Waals surface area contributed by atoms with Crippen molar-refractivity contribution in [3.8, 4) is 0 Å². The lowest BCUT2D eigenvalue weighted by atomic mass is 9.44. The molecule has 0 aromatic heterocycles. The van der Waals surface area contributed by atoms with Crippen molar-refractivity contribution >= 4 is 6.09 Å². The molecule has 0 saturated heterocycles. The summed E-state index contributed by atoms with van der Waals surface area (Å²) in [5, 5.41) is 12.1. The van der Waals surface area contributed by atoms with Crippen molar-refractivity contribution < 1.29 is 23.4 Å². The number of alkyl halides is 2. The van der Waals surface area contributed by atoms with E-state index in [4.69, 9.17) is 4.74 Å². The number of alkyl carbamates (subject to hydrolysis) is 1. The summed E-state index contributed by atoms with van der Waals surface area (Å²) in [6, 6.07) is 0. The molecule has 0 bridgehead atoms. The lowest BCUT2D eigenvalue weighted by Crippen LogP contribution is -2.62. The maximum atomic E-state index is 13.0. The van der Waals surface area contributed by atoms with Gasteiger partial charge in [-0.05, 0) is 39.0 Å². The highest BCUT2D eigenvalue weighted by Crippen LogP contribution is 2.68. The van der Waals surface area contributed by atoms with E-state index in [0.717, 1.165) is 0 Å². The Hall–Kier alpha value is -0.910. The average molecular weight is 291 g/mol. The van der Waals surface area contributed by atoms with Crippen LogP contribution in [0.25, 0.3) is 0 Å². The van der Waals surface area contributed by atoms with Crippen LogP contribution < -0.4 is 5.32 Å². The van der Waals surface area contributed by atoms with Gasteiger partial charge >= 0.3 is 6.09 Å². The van der Waals surface area contributed by atoms with E-state index >= 15 is 0 Å². The van der Waals surface area contributed by atoms with E-state index in [1.165, 1.54) is 0 Å². The van der Waals surface area contributed by atoms with Crippen molar-refractivity contribution in [2.24, 2.45) is 10.8 Å². The zero-order valence-electron chi connectivity index (χ0n) is 12.3. The molecule has 20 heavy (non-hydrogen) atoms. The Labute approximate surface area is 117 Å². The van der Waals surface area contributed by atoms with Gasteiger partial charge in [-0.1, -0.05) is 0 Å². The number of ether oxygens (including phenoxy) is 1. The fourth-order valence-corrected chi connectivity index (χ4v) is 3.70. The standard InChI is InChI=1S/C14H23F2NO3/c1-11(2,3)20-10(19)17-8-13(9-18)4-12(5-13)6-14(15,16)7-12/h18H,4-9H2,1-3H3,(H,17,19). The molecule has 0 atom stereocenters. The fraction of sp³-hybridized carbons (Fsp3) is 0.929. The monoisotopic (exact) mass is 291 g/mol. The molecule has 2 rings (SSSR count). The SMILES string of the molecule is CC(C)(C)OC(=O)NCC1(CO)CC2(CC(F)(F)C2)C1. The normalized spacial score (nSPS) is 25.5. The number of halogens is 2. The smallest absolute Gasteiger partial charge is 0.407 e. The van der Waals surface area contributed by atoms with Crippen LogP contribution >= 0.6 is 0 Å². The number of hydrogen-bond donors (Lipinski definition) is 2. The number of carbonyl (C=O) groups excluding carboxylic acids is 1. The van der Waals surface area contributed by atoms with Crippen molar-refractivity contribution in [1.82, 2.24) is 5.32 Å². The van der Waals surface area contributed by atoms with Crippen molar-refractivity contribution in [2.45, 2.75) is 58.0 Å². The first kappa shape index (κ1) is 15.5. The van der Waals surface area contributed by atoms with Gasteiger partial charge in [0.25, 0.3) is 0 Å². The molecular weight excluding hydrogens is 268 g/mol. The van der Waals surface area contributed by atoms with Crippen LogP contribution in [0.5, 0.6) is 0 Å². The molecule has 0 heterocycles. The molecule has 2 aliphatic carbocycles. The van der Waals surface area contributed by atoms with Crippen LogP contribution in [-0.2, 0) is 4.74 Å². The molecule has 1 spiro atoms. The first-order valence-electron chi connectivity index (χ1n) is 6.95. The van der Waals surface area contributed by atoms with Gasteiger partial charge in [0, 0.05) is 24.8 Å². The first-order valence-corrected chi connectivity index (χ1v) is 6.95. The Morgan fingerprint density at radius 1 is 1.25 bits per heavy atom. The average Bonchev–Trinajstić information content (AvgIpc) is 2.17. The Balaban J connectivity index is 1.79. The molecule has 0 aromatic carbocycles. The van der Waals surface area contributed by atoms with Gasteiger partial charge in [-0.2, -0.15) is 0 Å². The highest BCUT2D eigenvalue weighted by molar-refractivity contribution is 5.67. The number of aliphatic hydroxyl groups excluding tert-OH is 1. The number of amides is 1. The second-order valence-corrected chi connectivity index (χ2v) is 7.58.